The highest BCUT2D eigenvalue weighted by Crippen LogP contribution is 2.66. The van der Waals surface area contributed by atoms with Crippen molar-refractivity contribution in [3.05, 3.63) is 0 Å². The fraction of sp³-hybridized carbons (Fsp3) is 0.882. The molecule has 23 heavy (non-hydrogen) atoms. The van der Waals surface area contributed by atoms with Gasteiger partial charge in [0.05, 0.1) is 13.2 Å². The number of alkyl halides is 1. The van der Waals surface area contributed by atoms with Gasteiger partial charge in [-0.2, -0.15) is 0 Å². The van der Waals surface area contributed by atoms with E-state index in [4.69, 9.17) is 0 Å². The van der Waals surface area contributed by atoms with E-state index < -0.39 is 35.0 Å². The van der Waals surface area contributed by atoms with Crippen LogP contribution in [0.2, 0.25) is 0 Å². The number of carbonyl (C=O) groups excluding carboxylic acids is 1. The van der Waals surface area contributed by atoms with Gasteiger partial charge in [0.1, 0.15) is 5.41 Å². The molecule has 4 rings (SSSR count). The number of rotatable bonds is 3. The van der Waals surface area contributed by atoms with Crippen LogP contribution >= 0.6 is 0 Å². The van der Waals surface area contributed by atoms with E-state index in [2.05, 4.69) is 0 Å². The number of aliphatic carboxylic acids is 1. The fourth-order valence-electron chi connectivity index (χ4n) is 5.56. The van der Waals surface area contributed by atoms with Crippen LogP contribution in [0.25, 0.3) is 0 Å². The number of carboxylic acid groups (broad SMARTS) is 1. The van der Waals surface area contributed by atoms with Gasteiger partial charge in [-0.3, -0.25) is 9.59 Å². The quantitative estimate of drug-likeness (QED) is 0.775. The number of amides is 1. The molecule has 6 heteroatoms. The van der Waals surface area contributed by atoms with E-state index in [9.17, 15) is 19.8 Å². The van der Waals surface area contributed by atoms with Crippen molar-refractivity contribution in [3.63, 3.8) is 0 Å². The van der Waals surface area contributed by atoms with E-state index >= 15 is 4.39 Å². The van der Waals surface area contributed by atoms with E-state index in [-0.39, 0.29) is 18.5 Å². The topological polar surface area (TPSA) is 77.8 Å². The van der Waals surface area contributed by atoms with Crippen molar-refractivity contribution in [1.82, 2.24) is 4.90 Å². The Labute approximate surface area is 134 Å². The van der Waals surface area contributed by atoms with Crippen LogP contribution in [-0.2, 0) is 9.59 Å². The summed E-state index contributed by atoms with van der Waals surface area (Å²) in [7, 11) is 0. The van der Waals surface area contributed by atoms with Crippen LogP contribution in [0.3, 0.4) is 0 Å². The number of hydrogen-bond acceptors (Lipinski definition) is 3. The second-order valence-electron chi connectivity index (χ2n) is 8.51. The lowest BCUT2D eigenvalue weighted by molar-refractivity contribution is -0.186. The number of nitrogens with zero attached hydrogens (tertiary/aromatic N) is 1. The Bertz CT molecular complexity index is 549. The Kier molecular flexibility index (Phi) is 2.98. The molecule has 2 N–H and O–H groups in total. The average Bonchev–Trinajstić information content (AvgIpc) is 2.70. The number of aliphatic hydroxyl groups excluding tert-OH is 1. The lowest BCUT2D eigenvalue weighted by Gasteiger charge is -2.58. The number of halogens is 1. The highest BCUT2D eigenvalue weighted by molar-refractivity contribution is 6.03. The molecule has 5 nitrogen and oxygen atoms in total. The molecule has 1 saturated heterocycles. The number of aliphatic hydroxyl groups is 1. The number of hydrogen-bond donors (Lipinski definition) is 2. The molecule has 2 spiro atoms. The molecule has 1 heterocycles. The van der Waals surface area contributed by atoms with Crippen molar-refractivity contribution in [3.8, 4) is 0 Å². The Morgan fingerprint density at radius 1 is 1.04 bits per heavy atom. The first kappa shape index (κ1) is 15.4. The molecular formula is C17H24FNO4. The van der Waals surface area contributed by atoms with Gasteiger partial charge in [0.25, 0.3) is 0 Å². The van der Waals surface area contributed by atoms with Crippen LogP contribution in [0.1, 0.15) is 51.4 Å². The zero-order chi connectivity index (χ0) is 16.5. The number of carbonyl (C=O) groups is 2. The molecule has 1 amide bonds. The van der Waals surface area contributed by atoms with Gasteiger partial charge in [-0.25, -0.2) is 4.39 Å². The van der Waals surface area contributed by atoms with Crippen molar-refractivity contribution < 1.29 is 24.2 Å². The molecule has 3 aliphatic carbocycles. The molecule has 4 fully saturated rings. The third kappa shape index (κ3) is 1.76. The van der Waals surface area contributed by atoms with Crippen LogP contribution in [-0.4, -0.2) is 52.4 Å². The van der Waals surface area contributed by atoms with Gasteiger partial charge in [-0.15, -0.1) is 0 Å². The van der Waals surface area contributed by atoms with Crippen LogP contribution in [0.5, 0.6) is 0 Å². The van der Waals surface area contributed by atoms with Gasteiger partial charge in [0.15, 0.2) is 5.67 Å². The molecule has 0 aromatic carbocycles. The maximum Gasteiger partial charge on any atom is 0.319 e. The maximum atomic E-state index is 15.1. The van der Waals surface area contributed by atoms with Gasteiger partial charge < -0.3 is 15.1 Å². The van der Waals surface area contributed by atoms with E-state index in [0.717, 1.165) is 25.7 Å². The summed E-state index contributed by atoms with van der Waals surface area (Å²) in [4.78, 5) is 26.2. The normalized spacial score (nSPS) is 35.5. The molecule has 0 aromatic rings. The first-order chi connectivity index (χ1) is 10.8. The van der Waals surface area contributed by atoms with Crippen LogP contribution in [0.15, 0.2) is 0 Å². The highest BCUT2D eigenvalue weighted by atomic mass is 19.1. The number of likely N-dealkylation sites (tertiary alicyclic amines) is 1. The molecule has 4 aliphatic rings. The Morgan fingerprint density at radius 3 is 2.00 bits per heavy atom. The summed E-state index contributed by atoms with van der Waals surface area (Å²) >= 11 is 0. The Hall–Kier alpha value is -1.17. The molecule has 0 aromatic heterocycles. The zero-order valence-electron chi connectivity index (χ0n) is 13.3. The van der Waals surface area contributed by atoms with E-state index in [1.54, 1.807) is 0 Å². The van der Waals surface area contributed by atoms with Crippen molar-refractivity contribution >= 4 is 11.9 Å². The first-order valence-corrected chi connectivity index (χ1v) is 8.63. The average molecular weight is 325 g/mol. The monoisotopic (exact) mass is 325 g/mol. The molecule has 1 aliphatic heterocycles. The zero-order valence-corrected chi connectivity index (χ0v) is 13.3. The van der Waals surface area contributed by atoms with Crippen LogP contribution < -0.4 is 0 Å². The predicted molar refractivity (Wildman–Crippen MR) is 79.4 cm³/mol. The van der Waals surface area contributed by atoms with Gasteiger partial charge in [0.2, 0.25) is 5.91 Å². The SMILES string of the molecule is O=C(O)C1(C(=O)N2CC(F)(CO)C3(CCC3)C2)CC2(CCC2)C1. The molecule has 3 saturated carbocycles. The van der Waals surface area contributed by atoms with Gasteiger partial charge in [-0.05, 0) is 43.9 Å². The Morgan fingerprint density at radius 2 is 1.65 bits per heavy atom. The van der Waals surface area contributed by atoms with Gasteiger partial charge in [-0.1, -0.05) is 12.8 Å². The largest absolute Gasteiger partial charge is 0.480 e. The third-order valence-electron chi connectivity index (χ3n) is 7.32. The summed E-state index contributed by atoms with van der Waals surface area (Å²) in [5, 5.41) is 19.2. The second-order valence-corrected chi connectivity index (χ2v) is 8.51. The summed E-state index contributed by atoms with van der Waals surface area (Å²) in [5.41, 5.74) is -3.74. The summed E-state index contributed by atoms with van der Waals surface area (Å²) in [6.45, 7) is -0.504. The van der Waals surface area contributed by atoms with E-state index in [1.807, 2.05) is 0 Å². The minimum Gasteiger partial charge on any atom is -0.480 e. The Balaban J connectivity index is 1.56. The summed E-state index contributed by atoms with van der Waals surface area (Å²) in [6, 6.07) is 0. The molecule has 128 valence electrons. The molecule has 1 unspecified atom stereocenters. The first-order valence-electron chi connectivity index (χ1n) is 8.63. The van der Waals surface area contributed by atoms with Crippen LogP contribution in [0, 0.1) is 16.2 Å². The summed E-state index contributed by atoms with van der Waals surface area (Å²) < 4.78 is 15.1. The van der Waals surface area contributed by atoms with Crippen LogP contribution in [0.4, 0.5) is 4.39 Å². The lowest BCUT2D eigenvalue weighted by Crippen LogP contribution is -2.61. The summed E-state index contributed by atoms with van der Waals surface area (Å²) in [6.07, 6.45) is 6.14. The fourth-order valence-corrected chi connectivity index (χ4v) is 5.56. The molecule has 0 bridgehead atoms. The lowest BCUT2D eigenvalue weighted by atomic mass is 9.45. The third-order valence-corrected chi connectivity index (χ3v) is 7.32. The highest BCUT2D eigenvalue weighted by Gasteiger charge is 2.69. The van der Waals surface area contributed by atoms with Crippen molar-refractivity contribution in [1.29, 1.82) is 0 Å². The van der Waals surface area contributed by atoms with Crippen molar-refractivity contribution in [2.75, 3.05) is 19.7 Å². The van der Waals surface area contributed by atoms with Crippen molar-refractivity contribution in [2.45, 2.75) is 57.0 Å². The second kappa shape index (κ2) is 4.47. The minimum absolute atomic E-state index is 0.0473. The molecule has 0 radical (unpaired) electrons. The van der Waals surface area contributed by atoms with E-state index in [0.29, 0.717) is 25.7 Å². The predicted octanol–water partition coefficient (Wildman–Crippen LogP) is 1.73. The number of carboxylic acids is 1. The minimum atomic E-state index is -1.78. The van der Waals surface area contributed by atoms with Crippen molar-refractivity contribution in [2.24, 2.45) is 16.2 Å². The molecular weight excluding hydrogens is 301 g/mol. The maximum absolute atomic E-state index is 15.1. The molecule has 1 atom stereocenters. The van der Waals surface area contributed by atoms with E-state index in [1.165, 1.54) is 4.90 Å². The van der Waals surface area contributed by atoms with Gasteiger partial charge >= 0.3 is 5.97 Å². The van der Waals surface area contributed by atoms with Gasteiger partial charge in [0, 0.05) is 12.0 Å². The smallest absolute Gasteiger partial charge is 0.319 e. The standard InChI is InChI=1S/C17H24FNO4/c18-17(11-20)10-19(9-15(17)5-2-6-15)12(21)16(13(22)23)7-14(8-16)3-1-4-14/h20H,1-11H2,(H,22,23). The summed E-state index contributed by atoms with van der Waals surface area (Å²) in [5.74, 6) is -1.50.